The second-order valence-electron chi connectivity index (χ2n) is 5.31. The normalized spacial score (nSPS) is 10.4. The van der Waals surface area contributed by atoms with Crippen molar-refractivity contribution in [1.82, 2.24) is 0 Å². The van der Waals surface area contributed by atoms with Crippen LogP contribution in [0.15, 0.2) is 0 Å². The molecule has 0 aliphatic heterocycles. The molecule has 0 radical (unpaired) electrons. The molecular weight excluding hydrogens is 335 g/mol. The van der Waals surface area contributed by atoms with Gasteiger partial charge < -0.3 is 0 Å². The number of rotatable bonds is 14. The molecule has 0 aliphatic rings. The van der Waals surface area contributed by atoms with E-state index in [0.29, 0.717) is 12.8 Å². The van der Waals surface area contributed by atoms with E-state index < -0.39 is 15.6 Å². The maximum atomic E-state index is 11.4. The second-order valence-corrected chi connectivity index (χ2v) is 6.29. The average molecular weight is 365 g/mol. The van der Waals surface area contributed by atoms with Crippen LogP contribution in [0.3, 0.4) is 0 Å². The summed E-state index contributed by atoms with van der Waals surface area (Å²) in [6.07, 6.45) is 11.9. The molecule has 0 saturated carbocycles. The Morgan fingerprint density at radius 2 is 1.05 bits per heavy atom. The minimum absolute atomic E-state index is 0.248. The first kappa shape index (κ1) is 20.5. The fourth-order valence-electron chi connectivity index (χ4n) is 1.92. The van der Waals surface area contributed by atoms with Crippen molar-refractivity contribution in [2.45, 2.75) is 90.9 Å². The number of carbonyl (C=O) groups excluding carboxylic acids is 2. The molecule has 0 atom stereocenters. The van der Waals surface area contributed by atoms with E-state index in [1.165, 1.54) is 38.5 Å². The molecular formula is C16H30O4Se. The molecule has 21 heavy (non-hydrogen) atoms. The summed E-state index contributed by atoms with van der Waals surface area (Å²) in [4.78, 5) is 22.8. The monoisotopic (exact) mass is 366 g/mol. The van der Waals surface area contributed by atoms with E-state index >= 15 is 0 Å². The Hall–Kier alpha value is -0.541. The predicted molar refractivity (Wildman–Crippen MR) is 84.7 cm³/mol. The van der Waals surface area contributed by atoms with Crippen molar-refractivity contribution in [3.05, 3.63) is 0 Å². The van der Waals surface area contributed by atoms with E-state index in [1.807, 2.05) is 0 Å². The van der Waals surface area contributed by atoms with E-state index in [-0.39, 0.29) is 11.9 Å². The van der Waals surface area contributed by atoms with Gasteiger partial charge in [-0.15, -0.1) is 0 Å². The summed E-state index contributed by atoms with van der Waals surface area (Å²) in [6.45, 7) is 4.32. The van der Waals surface area contributed by atoms with Crippen molar-refractivity contribution in [2.75, 3.05) is 0 Å². The standard InChI is InChI=1S/C16H30O4Se/c1-3-5-7-9-11-13-15(17)19-21-20-16(18)14-12-10-8-6-4-2/h3-14H2,1-2H3. The SMILES string of the molecule is CCCCCCCC(=O)O[Se]OC(=O)CCCCCCC. The molecule has 0 unspecified atom stereocenters. The Balaban J connectivity index is 3.34. The van der Waals surface area contributed by atoms with Gasteiger partial charge in [-0.25, -0.2) is 0 Å². The zero-order valence-corrected chi connectivity index (χ0v) is 15.2. The van der Waals surface area contributed by atoms with Crippen molar-refractivity contribution in [2.24, 2.45) is 0 Å². The van der Waals surface area contributed by atoms with Crippen LogP contribution in [0.1, 0.15) is 90.9 Å². The van der Waals surface area contributed by atoms with Crippen LogP contribution in [0.2, 0.25) is 0 Å². The van der Waals surface area contributed by atoms with E-state index in [1.54, 1.807) is 0 Å². The van der Waals surface area contributed by atoms with Gasteiger partial charge in [-0.1, -0.05) is 0 Å². The van der Waals surface area contributed by atoms with E-state index in [0.717, 1.165) is 25.7 Å². The first-order valence-electron chi connectivity index (χ1n) is 8.27. The summed E-state index contributed by atoms with van der Waals surface area (Å²) in [6, 6.07) is 0. The van der Waals surface area contributed by atoms with Crippen LogP contribution in [0.4, 0.5) is 0 Å². The molecule has 0 heterocycles. The minimum atomic E-state index is -0.791. The van der Waals surface area contributed by atoms with Gasteiger partial charge in [-0.05, 0) is 0 Å². The van der Waals surface area contributed by atoms with Crippen LogP contribution in [-0.2, 0) is 17.2 Å². The third-order valence-electron chi connectivity index (χ3n) is 3.22. The summed E-state index contributed by atoms with van der Waals surface area (Å²) in [5, 5.41) is 0. The summed E-state index contributed by atoms with van der Waals surface area (Å²) >= 11 is -0.791. The molecule has 124 valence electrons. The van der Waals surface area contributed by atoms with Crippen molar-refractivity contribution in [3.63, 3.8) is 0 Å². The number of hydrogen-bond acceptors (Lipinski definition) is 4. The molecule has 0 aromatic carbocycles. The summed E-state index contributed by atoms with van der Waals surface area (Å²) < 4.78 is 9.89. The molecule has 0 aliphatic carbocycles. The van der Waals surface area contributed by atoms with Crippen LogP contribution >= 0.6 is 0 Å². The average Bonchev–Trinajstić information content (AvgIpc) is 2.47. The van der Waals surface area contributed by atoms with Gasteiger partial charge in [0.1, 0.15) is 0 Å². The van der Waals surface area contributed by atoms with Gasteiger partial charge >= 0.3 is 136 Å². The van der Waals surface area contributed by atoms with Crippen molar-refractivity contribution in [1.29, 1.82) is 0 Å². The Bertz CT molecular complexity index is 243. The Morgan fingerprint density at radius 1 is 0.667 bits per heavy atom. The van der Waals surface area contributed by atoms with E-state index in [2.05, 4.69) is 13.8 Å². The fraction of sp³-hybridized carbons (Fsp3) is 0.875. The van der Waals surface area contributed by atoms with Crippen LogP contribution in [0.5, 0.6) is 0 Å². The molecule has 0 N–H and O–H groups in total. The first-order valence-corrected chi connectivity index (χ1v) is 9.67. The second kappa shape index (κ2) is 15.8. The molecule has 0 amide bonds. The van der Waals surface area contributed by atoms with Gasteiger partial charge in [0.2, 0.25) is 0 Å². The predicted octanol–water partition coefficient (Wildman–Crippen LogP) is 4.33. The van der Waals surface area contributed by atoms with Crippen LogP contribution in [0, 0.1) is 0 Å². The van der Waals surface area contributed by atoms with Gasteiger partial charge in [-0.3, -0.25) is 0 Å². The summed E-state index contributed by atoms with van der Waals surface area (Å²) in [5.74, 6) is -0.496. The topological polar surface area (TPSA) is 52.6 Å². The zero-order chi connectivity index (χ0) is 15.8. The zero-order valence-electron chi connectivity index (χ0n) is 13.5. The first-order chi connectivity index (χ1) is 10.2. The molecule has 0 fully saturated rings. The Kier molecular flexibility index (Phi) is 15.4. The van der Waals surface area contributed by atoms with Gasteiger partial charge in [0.15, 0.2) is 0 Å². The van der Waals surface area contributed by atoms with E-state index in [4.69, 9.17) is 7.64 Å². The van der Waals surface area contributed by atoms with Crippen molar-refractivity contribution < 1.29 is 17.2 Å². The number of carbonyl (C=O) groups is 2. The third kappa shape index (κ3) is 15.7. The summed E-state index contributed by atoms with van der Waals surface area (Å²) in [7, 11) is 0. The molecule has 0 spiro atoms. The number of unbranched alkanes of at least 4 members (excludes halogenated alkanes) is 8. The Labute approximate surface area is 136 Å². The third-order valence-corrected chi connectivity index (χ3v) is 4.29. The molecule has 0 rings (SSSR count). The van der Waals surface area contributed by atoms with E-state index in [9.17, 15) is 9.59 Å². The van der Waals surface area contributed by atoms with Gasteiger partial charge in [0, 0.05) is 0 Å². The van der Waals surface area contributed by atoms with Gasteiger partial charge in [-0.2, -0.15) is 0 Å². The quantitative estimate of drug-likeness (QED) is 0.340. The van der Waals surface area contributed by atoms with Crippen molar-refractivity contribution >= 4 is 27.6 Å². The molecule has 5 heteroatoms. The molecule has 0 bridgehead atoms. The molecule has 0 saturated heterocycles. The Morgan fingerprint density at radius 3 is 1.43 bits per heavy atom. The van der Waals surface area contributed by atoms with Gasteiger partial charge in [0.05, 0.1) is 0 Å². The van der Waals surface area contributed by atoms with Gasteiger partial charge in [0.25, 0.3) is 0 Å². The van der Waals surface area contributed by atoms with Crippen LogP contribution in [0.25, 0.3) is 0 Å². The van der Waals surface area contributed by atoms with Crippen LogP contribution < -0.4 is 0 Å². The molecule has 4 nitrogen and oxygen atoms in total. The van der Waals surface area contributed by atoms with Crippen molar-refractivity contribution in [3.8, 4) is 0 Å². The molecule has 0 aromatic heterocycles. The fourth-order valence-corrected chi connectivity index (χ4v) is 2.66. The molecule has 0 aromatic rings. The maximum absolute atomic E-state index is 11.4. The summed E-state index contributed by atoms with van der Waals surface area (Å²) in [5.41, 5.74) is 0. The van der Waals surface area contributed by atoms with Crippen LogP contribution in [-0.4, -0.2) is 27.6 Å². The number of hydrogen-bond donors (Lipinski definition) is 0.